The van der Waals surface area contributed by atoms with Crippen LogP contribution in [0.4, 0.5) is 11.5 Å². The Bertz CT molecular complexity index is 947. The Hall–Kier alpha value is -3.26. The van der Waals surface area contributed by atoms with Crippen molar-refractivity contribution in [3.8, 4) is 0 Å². The van der Waals surface area contributed by atoms with Crippen molar-refractivity contribution in [1.82, 2.24) is 15.6 Å². The highest BCUT2D eigenvalue weighted by atomic mass is 16.2. The molecule has 0 saturated carbocycles. The van der Waals surface area contributed by atoms with Gasteiger partial charge in [0.25, 0.3) is 5.91 Å². The molecule has 3 amide bonds. The van der Waals surface area contributed by atoms with Crippen molar-refractivity contribution in [2.24, 2.45) is 5.92 Å². The first kappa shape index (κ1) is 22.4. The van der Waals surface area contributed by atoms with Crippen molar-refractivity contribution < 1.29 is 14.4 Å². The quantitative estimate of drug-likeness (QED) is 0.629. The number of rotatable bonds is 7. The van der Waals surface area contributed by atoms with Crippen molar-refractivity contribution in [1.29, 1.82) is 0 Å². The van der Waals surface area contributed by atoms with E-state index < -0.39 is 18.1 Å². The number of hydrogen-bond donors (Lipinski definition) is 3. The summed E-state index contributed by atoms with van der Waals surface area (Å²) in [6.45, 7) is 5.45. The van der Waals surface area contributed by atoms with Crippen LogP contribution in [0.5, 0.6) is 0 Å². The van der Waals surface area contributed by atoms with Gasteiger partial charge in [-0.15, -0.1) is 0 Å². The van der Waals surface area contributed by atoms with E-state index in [-0.39, 0.29) is 23.6 Å². The molecule has 3 rings (SSSR count). The van der Waals surface area contributed by atoms with Gasteiger partial charge in [0.2, 0.25) is 11.8 Å². The summed E-state index contributed by atoms with van der Waals surface area (Å²) in [5, 5.41) is 8.59. The zero-order valence-corrected chi connectivity index (χ0v) is 18.3. The van der Waals surface area contributed by atoms with E-state index in [2.05, 4.69) is 20.9 Å². The normalized spacial score (nSPS) is 17.1. The number of pyridine rings is 1. The fourth-order valence-corrected chi connectivity index (χ4v) is 3.54. The molecule has 1 aromatic heterocycles. The minimum atomic E-state index is -0.789. The number of anilines is 2. The predicted octanol–water partition coefficient (Wildman–Crippen LogP) is 1.73. The first-order chi connectivity index (χ1) is 14.8. The highest BCUT2D eigenvalue weighted by molar-refractivity contribution is 6.09. The van der Waals surface area contributed by atoms with Gasteiger partial charge < -0.3 is 16.0 Å². The zero-order chi connectivity index (χ0) is 22.5. The lowest BCUT2D eigenvalue weighted by molar-refractivity contribution is -0.130. The van der Waals surface area contributed by atoms with Crippen molar-refractivity contribution in [3.63, 3.8) is 0 Å². The third-order valence-corrected chi connectivity index (χ3v) is 5.46. The van der Waals surface area contributed by atoms with Gasteiger partial charge in [-0.05, 0) is 43.7 Å². The highest BCUT2D eigenvalue weighted by Gasteiger charge is 2.43. The van der Waals surface area contributed by atoms with E-state index in [0.717, 1.165) is 5.56 Å². The van der Waals surface area contributed by atoms with Gasteiger partial charge in [0.05, 0.1) is 6.04 Å². The Morgan fingerprint density at radius 1 is 1.06 bits per heavy atom. The summed E-state index contributed by atoms with van der Waals surface area (Å²) in [7, 11) is 1.68. The molecule has 0 fully saturated rings. The van der Waals surface area contributed by atoms with Crippen molar-refractivity contribution in [2.75, 3.05) is 17.3 Å². The Morgan fingerprint density at radius 3 is 2.42 bits per heavy atom. The summed E-state index contributed by atoms with van der Waals surface area (Å²) in [6, 6.07) is 10.8. The molecule has 8 nitrogen and oxygen atoms in total. The largest absolute Gasteiger partial charge is 0.343 e. The monoisotopic (exact) mass is 423 g/mol. The van der Waals surface area contributed by atoms with Gasteiger partial charge >= 0.3 is 0 Å². The molecule has 3 N–H and O–H groups in total. The molecule has 0 radical (unpaired) electrons. The van der Waals surface area contributed by atoms with E-state index in [1.54, 1.807) is 38.4 Å². The fourth-order valence-electron chi connectivity index (χ4n) is 3.54. The Labute approximate surface area is 182 Å². The maximum absolute atomic E-state index is 13.6. The van der Waals surface area contributed by atoms with Crippen LogP contribution in [0, 0.1) is 5.92 Å². The lowest BCUT2D eigenvalue weighted by atomic mass is 10.0. The van der Waals surface area contributed by atoms with E-state index in [0.29, 0.717) is 17.9 Å². The summed E-state index contributed by atoms with van der Waals surface area (Å²) in [5.74, 6) is -0.638. The summed E-state index contributed by atoms with van der Waals surface area (Å²) in [6.07, 6.45) is 1.96. The molecule has 2 heterocycles. The number of carbonyl (C=O) groups excluding carboxylic acids is 3. The van der Waals surface area contributed by atoms with Crippen LogP contribution in [0.3, 0.4) is 0 Å². The summed E-state index contributed by atoms with van der Waals surface area (Å²) in [4.78, 5) is 45.0. The molecular weight excluding hydrogens is 394 g/mol. The van der Waals surface area contributed by atoms with Gasteiger partial charge in [0.15, 0.2) is 0 Å². The first-order valence-electron chi connectivity index (χ1n) is 10.4. The van der Waals surface area contributed by atoms with Crippen LogP contribution in [-0.2, 0) is 20.8 Å². The molecule has 1 aromatic carbocycles. The molecule has 1 aliphatic rings. The Kier molecular flexibility index (Phi) is 7.02. The lowest BCUT2D eigenvalue weighted by Crippen LogP contribution is -2.57. The second-order valence-electron chi connectivity index (χ2n) is 8.01. The van der Waals surface area contributed by atoms with E-state index in [9.17, 15) is 14.4 Å². The number of para-hydroxylation sites is 1. The van der Waals surface area contributed by atoms with Crippen molar-refractivity contribution >= 4 is 29.2 Å². The Morgan fingerprint density at radius 2 is 1.77 bits per heavy atom. The van der Waals surface area contributed by atoms with Crippen LogP contribution in [0.1, 0.15) is 26.3 Å². The van der Waals surface area contributed by atoms with E-state index in [1.165, 1.54) is 4.90 Å². The van der Waals surface area contributed by atoms with Gasteiger partial charge in [-0.3, -0.25) is 19.3 Å². The topological polar surface area (TPSA) is 103 Å². The smallest absolute Gasteiger partial charge is 0.251 e. The molecule has 8 heteroatoms. The minimum Gasteiger partial charge on any atom is -0.343 e. The number of benzene rings is 1. The predicted molar refractivity (Wildman–Crippen MR) is 120 cm³/mol. The molecule has 2 aromatic rings. The van der Waals surface area contributed by atoms with Crippen LogP contribution >= 0.6 is 0 Å². The lowest BCUT2D eigenvalue weighted by Gasteiger charge is -2.31. The van der Waals surface area contributed by atoms with Gasteiger partial charge in [-0.2, -0.15) is 0 Å². The number of fused-ring (bicyclic) bond motifs is 1. The minimum absolute atomic E-state index is 0.175. The molecule has 164 valence electrons. The molecule has 3 unspecified atom stereocenters. The number of nitrogens with one attached hydrogen (secondary N) is 3. The maximum atomic E-state index is 13.6. The number of hydrogen-bond acceptors (Lipinski definition) is 5. The second kappa shape index (κ2) is 9.70. The SMILES string of the molecule is CNC(C)C(=O)NC(C(=O)N1c2ncccc2CC1C(=O)Nc1ccccc1)C(C)C. The van der Waals surface area contributed by atoms with E-state index in [1.807, 2.05) is 38.1 Å². The van der Waals surface area contributed by atoms with Crippen LogP contribution in [0.25, 0.3) is 0 Å². The molecule has 0 saturated heterocycles. The average molecular weight is 424 g/mol. The standard InChI is InChI=1S/C23H29N5O3/c1-14(2)19(27-21(29)15(3)24-4)23(31)28-18(13-16-9-8-12-25-20(16)28)22(30)26-17-10-6-5-7-11-17/h5-12,14-15,18-19,24H,13H2,1-4H3,(H,26,30)(H,27,29). The highest BCUT2D eigenvalue weighted by Crippen LogP contribution is 2.32. The third kappa shape index (κ3) is 4.91. The number of carbonyl (C=O) groups is 3. The number of aromatic nitrogens is 1. The van der Waals surface area contributed by atoms with Crippen molar-refractivity contribution in [3.05, 3.63) is 54.2 Å². The van der Waals surface area contributed by atoms with Gasteiger partial charge in [0.1, 0.15) is 17.9 Å². The molecule has 31 heavy (non-hydrogen) atoms. The number of likely N-dealkylation sites (N-methyl/N-ethyl adjacent to an activating group) is 1. The summed E-state index contributed by atoms with van der Waals surface area (Å²) < 4.78 is 0. The molecule has 0 aliphatic carbocycles. The average Bonchev–Trinajstić information content (AvgIpc) is 3.16. The first-order valence-corrected chi connectivity index (χ1v) is 10.4. The Balaban J connectivity index is 1.90. The fraction of sp³-hybridized carbons (Fsp3) is 0.391. The number of amides is 3. The molecule has 0 spiro atoms. The maximum Gasteiger partial charge on any atom is 0.251 e. The van der Waals surface area contributed by atoms with Gasteiger partial charge in [-0.1, -0.05) is 38.1 Å². The van der Waals surface area contributed by atoms with Crippen LogP contribution < -0.4 is 20.9 Å². The van der Waals surface area contributed by atoms with Gasteiger partial charge in [0, 0.05) is 18.3 Å². The van der Waals surface area contributed by atoms with Crippen molar-refractivity contribution in [2.45, 2.75) is 45.3 Å². The molecule has 3 atom stereocenters. The molecular formula is C23H29N5O3. The summed E-state index contributed by atoms with van der Waals surface area (Å²) in [5.41, 5.74) is 1.47. The van der Waals surface area contributed by atoms with E-state index in [4.69, 9.17) is 0 Å². The number of nitrogens with zero attached hydrogens (tertiary/aromatic N) is 2. The molecule has 1 aliphatic heterocycles. The van der Waals surface area contributed by atoms with Crippen LogP contribution in [0.2, 0.25) is 0 Å². The van der Waals surface area contributed by atoms with E-state index >= 15 is 0 Å². The van der Waals surface area contributed by atoms with Crippen LogP contribution in [-0.4, -0.2) is 47.9 Å². The molecule has 0 bridgehead atoms. The second-order valence-corrected chi connectivity index (χ2v) is 8.01. The summed E-state index contributed by atoms with van der Waals surface area (Å²) >= 11 is 0. The van der Waals surface area contributed by atoms with Crippen LogP contribution in [0.15, 0.2) is 48.7 Å². The zero-order valence-electron chi connectivity index (χ0n) is 18.3. The van der Waals surface area contributed by atoms with Gasteiger partial charge in [-0.25, -0.2) is 4.98 Å². The third-order valence-electron chi connectivity index (χ3n) is 5.46.